The number of ether oxygens (including phenoxy) is 2. The number of fused-ring (bicyclic) bond motifs is 2. The molecule has 1 fully saturated rings. The molecule has 6 heteroatoms. The van der Waals surface area contributed by atoms with Gasteiger partial charge in [-0.05, 0) is 23.8 Å². The molecule has 0 saturated carbocycles. The standard InChI is InChI=1S/C21H20N2O3S/c24-21(17-13-27-20-4-2-1-3-16(17)20)23-9-7-22(8-10-23)12-15-5-6-18-19(11-15)26-14-25-18/h1-6,11,13H,7-10,12,14H2. The first-order valence-corrected chi connectivity index (χ1v) is 10.0. The molecular weight excluding hydrogens is 360 g/mol. The van der Waals surface area contributed by atoms with E-state index in [0.717, 1.165) is 55.2 Å². The van der Waals surface area contributed by atoms with Gasteiger partial charge in [-0.25, -0.2) is 0 Å². The topological polar surface area (TPSA) is 42.0 Å². The Hall–Kier alpha value is -2.57. The van der Waals surface area contributed by atoms with E-state index in [2.05, 4.69) is 23.1 Å². The zero-order valence-electron chi connectivity index (χ0n) is 14.9. The van der Waals surface area contributed by atoms with Crippen molar-refractivity contribution in [2.45, 2.75) is 6.54 Å². The minimum atomic E-state index is 0.148. The van der Waals surface area contributed by atoms with Gasteiger partial charge in [-0.3, -0.25) is 9.69 Å². The van der Waals surface area contributed by atoms with E-state index in [1.807, 2.05) is 34.5 Å². The molecule has 2 aliphatic rings. The number of thiophene rings is 1. The number of carbonyl (C=O) groups excluding carboxylic acids is 1. The van der Waals surface area contributed by atoms with Crippen LogP contribution in [0.25, 0.3) is 10.1 Å². The molecule has 3 heterocycles. The SMILES string of the molecule is O=C(c1csc2ccccc12)N1CCN(Cc2ccc3c(c2)OCO3)CC1. The average Bonchev–Trinajstić information content (AvgIpc) is 3.34. The molecule has 0 N–H and O–H groups in total. The summed E-state index contributed by atoms with van der Waals surface area (Å²) in [5.74, 6) is 1.79. The van der Waals surface area contributed by atoms with Crippen LogP contribution >= 0.6 is 11.3 Å². The van der Waals surface area contributed by atoms with Gasteiger partial charge in [0.2, 0.25) is 6.79 Å². The van der Waals surface area contributed by atoms with Gasteiger partial charge in [-0.1, -0.05) is 24.3 Å². The van der Waals surface area contributed by atoms with Crippen LogP contribution in [0.3, 0.4) is 0 Å². The van der Waals surface area contributed by atoms with E-state index in [1.165, 1.54) is 10.3 Å². The lowest BCUT2D eigenvalue weighted by Crippen LogP contribution is -2.48. The number of hydrogen-bond acceptors (Lipinski definition) is 5. The fraction of sp³-hybridized carbons (Fsp3) is 0.286. The second kappa shape index (κ2) is 6.87. The Morgan fingerprint density at radius 3 is 2.70 bits per heavy atom. The maximum Gasteiger partial charge on any atom is 0.255 e. The predicted molar refractivity (Wildman–Crippen MR) is 106 cm³/mol. The van der Waals surface area contributed by atoms with E-state index in [0.29, 0.717) is 6.79 Å². The van der Waals surface area contributed by atoms with Crippen LogP contribution in [0.4, 0.5) is 0 Å². The van der Waals surface area contributed by atoms with Gasteiger partial charge in [0.1, 0.15) is 0 Å². The molecule has 27 heavy (non-hydrogen) atoms. The van der Waals surface area contributed by atoms with E-state index in [4.69, 9.17) is 9.47 Å². The summed E-state index contributed by atoms with van der Waals surface area (Å²) in [5, 5.41) is 3.06. The summed E-state index contributed by atoms with van der Waals surface area (Å²) in [4.78, 5) is 17.3. The minimum absolute atomic E-state index is 0.148. The summed E-state index contributed by atoms with van der Waals surface area (Å²) in [5.41, 5.74) is 2.04. The van der Waals surface area contributed by atoms with Crippen molar-refractivity contribution in [3.8, 4) is 11.5 Å². The summed E-state index contributed by atoms with van der Waals surface area (Å²) in [6.07, 6.45) is 0. The number of amides is 1. The van der Waals surface area contributed by atoms with Gasteiger partial charge in [-0.2, -0.15) is 0 Å². The number of rotatable bonds is 3. The van der Waals surface area contributed by atoms with Gasteiger partial charge in [0, 0.05) is 48.2 Å². The highest BCUT2D eigenvalue weighted by Gasteiger charge is 2.24. The summed E-state index contributed by atoms with van der Waals surface area (Å²) in [6, 6.07) is 14.2. The zero-order valence-corrected chi connectivity index (χ0v) is 15.7. The third-order valence-corrected chi connectivity index (χ3v) is 6.18. The minimum Gasteiger partial charge on any atom is -0.454 e. The van der Waals surface area contributed by atoms with E-state index in [-0.39, 0.29) is 5.91 Å². The first-order chi connectivity index (χ1) is 13.3. The molecule has 0 unspecified atom stereocenters. The van der Waals surface area contributed by atoms with Crippen molar-refractivity contribution in [3.05, 3.63) is 59.0 Å². The molecule has 138 valence electrons. The fourth-order valence-electron chi connectivity index (χ4n) is 3.72. The van der Waals surface area contributed by atoms with Crippen molar-refractivity contribution < 1.29 is 14.3 Å². The summed E-state index contributed by atoms with van der Waals surface area (Å²) < 4.78 is 12.0. The molecular formula is C21H20N2O3S. The molecule has 5 rings (SSSR count). The molecule has 5 nitrogen and oxygen atoms in total. The van der Waals surface area contributed by atoms with Gasteiger partial charge in [0.25, 0.3) is 5.91 Å². The predicted octanol–water partition coefficient (Wildman–Crippen LogP) is 3.59. The van der Waals surface area contributed by atoms with Gasteiger partial charge in [0.15, 0.2) is 11.5 Å². The summed E-state index contributed by atoms with van der Waals surface area (Å²) >= 11 is 1.64. The van der Waals surface area contributed by atoms with Crippen LogP contribution in [0.1, 0.15) is 15.9 Å². The first kappa shape index (κ1) is 16.6. The number of piperazine rings is 1. The molecule has 0 spiro atoms. The van der Waals surface area contributed by atoms with E-state index in [9.17, 15) is 4.79 Å². The smallest absolute Gasteiger partial charge is 0.255 e. The molecule has 0 atom stereocenters. The van der Waals surface area contributed by atoms with Crippen LogP contribution in [0.5, 0.6) is 11.5 Å². The third kappa shape index (κ3) is 3.15. The Balaban J connectivity index is 1.23. The van der Waals surface area contributed by atoms with Crippen LogP contribution < -0.4 is 9.47 Å². The van der Waals surface area contributed by atoms with E-state index in [1.54, 1.807) is 11.3 Å². The maximum atomic E-state index is 13.0. The van der Waals surface area contributed by atoms with E-state index < -0.39 is 0 Å². The fourth-order valence-corrected chi connectivity index (χ4v) is 4.66. The van der Waals surface area contributed by atoms with Gasteiger partial charge in [-0.15, -0.1) is 11.3 Å². The van der Waals surface area contributed by atoms with Crippen molar-refractivity contribution in [2.24, 2.45) is 0 Å². The van der Waals surface area contributed by atoms with Crippen LogP contribution in [0, 0.1) is 0 Å². The quantitative estimate of drug-likeness (QED) is 0.696. The second-order valence-corrected chi connectivity index (χ2v) is 7.81. The average molecular weight is 380 g/mol. The summed E-state index contributed by atoms with van der Waals surface area (Å²) in [7, 11) is 0. The molecule has 0 aliphatic carbocycles. The van der Waals surface area contributed by atoms with Crippen molar-refractivity contribution in [2.75, 3.05) is 33.0 Å². The highest BCUT2D eigenvalue weighted by Crippen LogP contribution is 2.33. The maximum absolute atomic E-state index is 13.0. The lowest BCUT2D eigenvalue weighted by molar-refractivity contribution is 0.0631. The van der Waals surface area contributed by atoms with Gasteiger partial charge >= 0.3 is 0 Å². The van der Waals surface area contributed by atoms with Crippen LogP contribution in [0.15, 0.2) is 47.8 Å². The van der Waals surface area contributed by atoms with E-state index >= 15 is 0 Å². The Bertz CT molecular complexity index is 992. The molecule has 1 saturated heterocycles. The number of hydrogen-bond donors (Lipinski definition) is 0. The number of nitrogens with zero attached hydrogens (tertiary/aromatic N) is 2. The second-order valence-electron chi connectivity index (χ2n) is 6.90. The first-order valence-electron chi connectivity index (χ1n) is 9.14. The van der Waals surface area contributed by atoms with Crippen molar-refractivity contribution in [3.63, 3.8) is 0 Å². The summed E-state index contributed by atoms with van der Waals surface area (Å²) in [6.45, 7) is 4.43. The van der Waals surface area contributed by atoms with Crippen molar-refractivity contribution in [1.29, 1.82) is 0 Å². The lowest BCUT2D eigenvalue weighted by Gasteiger charge is -2.34. The zero-order chi connectivity index (χ0) is 18.2. The Morgan fingerprint density at radius 1 is 1.00 bits per heavy atom. The molecule has 1 amide bonds. The van der Waals surface area contributed by atoms with Gasteiger partial charge < -0.3 is 14.4 Å². The molecule has 2 aromatic carbocycles. The largest absolute Gasteiger partial charge is 0.454 e. The number of carbonyl (C=O) groups is 1. The van der Waals surface area contributed by atoms with Crippen LogP contribution in [0.2, 0.25) is 0 Å². The van der Waals surface area contributed by atoms with Crippen LogP contribution in [-0.4, -0.2) is 48.7 Å². The molecule has 3 aromatic rings. The lowest BCUT2D eigenvalue weighted by atomic mass is 10.1. The highest BCUT2D eigenvalue weighted by molar-refractivity contribution is 7.17. The Morgan fingerprint density at radius 2 is 1.81 bits per heavy atom. The Labute approximate surface area is 161 Å². The highest BCUT2D eigenvalue weighted by atomic mass is 32.1. The third-order valence-electron chi connectivity index (χ3n) is 5.21. The van der Waals surface area contributed by atoms with Crippen molar-refractivity contribution >= 4 is 27.3 Å². The van der Waals surface area contributed by atoms with Gasteiger partial charge in [0.05, 0.1) is 5.56 Å². The Kier molecular flexibility index (Phi) is 4.22. The molecule has 0 radical (unpaired) electrons. The monoisotopic (exact) mass is 380 g/mol. The normalized spacial score (nSPS) is 16.8. The molecule has 1 aromatic heterocycles. The number of benzene rings is 2. The molecule has 0 bridgehead atoms. The van der Waals surface area contributed by atoms with Crippen molar-refractivity contribution in [1.82, 2.24) is 9.80 Å². The van der Waals surface area contributed by atoms with Crippen LogP contribution in [-0.2, 0) is 6.54 Å². The molecule has 2 aliphatic heterocycles.